The Bertz CT molecular complexity index is 1360. The third-order valence-electron chi connectivity index (χ3n) is 4.89. The van der Waals surface area contributed by atoms with Crippen LogP contribution in [0.15, 0.2) is 63.4 Å². The molecule has 0 saturated heterocycles. The number of hydrogen-bond donors (Lipinski definition) is 1. The number of benzene rings is 2. The lowest BCUT2D eigenvalue weighted by Crippen LogP contribution is -2.07. The highest BCUT2D eigenvalue weighted by Gasteiger charge is 2.13. The van der Waals surface area contributed by atoms with Crippen molar-refractivity contribution in [2.24, 2.45) is 5.10 Å². The minimum absolute atomic E-state index is 0.112. The molecule has 9 nitrogen and oxygen atoms in total. The van der Waals surface area contributed by atoms with Crippen LogP contribution in [0.3, 0.4) is 0 Å². The first-order valence-corrected chi connectivity index (χ1v) is 11.7. The fourth-order valence-corrected chi connectivity index (χ4v) is 3.96. The molecule has 35 heavy (non-hydrogen) atoms. The fraction of sp³-hybridized carbons (Fsp3) is 0.200. The standard InChI is InChI=1S/C25H23N3O6S/c1-3-32-23(29)12-17-15-35-25(27-17)28-26-13-20-19-7-5-4-6-16(19)8-10-21(20)33-14-18-9-11-22(34-18)24(30)31-2/h4-11,13,15H,3,12,14H2,1-2H3,(H,27,28). The second-order valence-electron chi connectivity index (χ2n) is 7.24. The number of furan rings is 1. The molecule has 2 aromatic heterocycles. The number of hydrogen-bond acceptors (Lipinski definition) is 10. The van der Waals surface area contributed by atoms with Crippen LogP contribution in [0.4, 0.5) is 5.13 Å². The van der Waals surface area contributed by atoms with Crippen LogP contribution >= 0.6 is 11.3 Å². The second kappa shape index (κ2) is 11.3. The molecule has 4 rings (SSSR count). The number of ether oxygens (including phenoxy) is 3. The smallest absolute Gasteiger partial charge is 0.373 e. The summed E-state index contributed by atoms with van der Waals surface area (Å²) in [5, 5.41) is 8.65. The Hall–Kier alpha value is -4.18. The maximum absolute atomic E-state index is 11.6. The zero-order valence-electron chi connectivity index (χ0n) is 19.1. The van der Waals surface area contributed by atoms with Crippen molar-refractivity contribution in [2.45, 2.75) is 20.0 Å². The molecule has 10 heteroatoms. The average molecular weight is 494 g/mol. The summed E-state index contributed by atoms with van der Waals surface area (Å²) >= 11 is 1.34. The van der Waals surface area contributed by atoms with Crippen LogP contribution in [0.25, 0.3) is 10.8 Å². The van der Waals surface area contributed by atoms with Gasteiger partial charge in [0.1, 0.15) is 18.1 Å². The predicted octanol–water partition coefficient (Wildman–Crippen LogP) is 4.81. The molecule has 0 atom stereocenters. The summed E-state index contributed by atoms with van der Waals surface area (Å²) in [5.41, 5.74) is 4.28. The quantitative estimate of drug-likeness (QED) is 0.190. The Labute approximate surface area is 205 Å². The van der Waals surface area contributed by atoms with Crippen LogP contribution in [0, 0.1) is 0 Å². The lowest BCUT2D eigenvalue weighted by molar-refractivity contribution is -0.142. The van der Waals surface area contributed by atoms with E-state index >= 15 is 0 Å². The Kier molecular flexibility index (Phi) is 7.74. The van der Waals surface area contributed by atoms with Gasteiger partial charge in [0.2, 0.25) is 10.9 Å². The van der Waals surface area contributed by atoms with Gasteiger partial charge in [-0.05, 0) is 35.9 Å². The van der Waals surface area contributed by atoms with Gasteiger partial charge in [-0.2, -0.15) is 5.10 Å². The monoisotopic (exact) mass is 493 g/mol. The Morgan fingerprint density at radius 2 is 2.03 bits per heavy atom. The molecule has 0 aliphatic rings. The van der Waals surface area contributed by atoms with Crippen molar-refractivity contribution < 1.29 is 28.2 Å². The summed E-state index contributed by atoms with van der Waals surface area (Å²) in [4.78, 5) is 27.6. The molecular formula is C25H23N3O6S. The lowest BCUT2D eigenvalue weighted by atomic mass is 10.0. The number of carbonyl (C=O) groups is 2. The molecule has 0 radical (unpaired) electrons. The van der Waals surface area contributed by atoms with E-state index in [1.165, 1.54) is 18.4 Å². The average Bonchev–Trinajstić information content (AvgIpc) is 3.52. The highest BCUT2D eigenvalue weighted by molar-refractivity contribution is 7.13. The number of esters is 2. The van der Waals surface area contributed by atoms with Crippen LogP contribution in [0.2, 0.25) is 0 Å². The highest BCUT2D eigenvalue weighted by Crippen LogP contribution is 2.28. The third-order valence-corrected chi connectivity index (χ3v) is 5.68. The van der Waals surface area contributed by atoms with Crippen LogP contribution < -0.4 is 10.2 Å². The maximum Gasteiger partial charge on any atom is 0.373 e. The van der Waals surface area contributed by atoms with Gasteiger partial charge in [-0.3, -0.25) is 10.2 Å². The molecule has 0 fully saturated rings. The summed E-state index contributed by atoms with van der Waals surface area (Å²) < 4.78 is 21.1. The molecule has 0 aliphatic heterocycles. The van der Waals surface area contributed by atoms with Gasteiger partial charge in [-0.15, -0.1) is 11.3 Å². The molecule has 180 valence electrons. The molecule has 4 aromatic rings. The third kappa shape index (κ3) is 6.04. The van der Waals surface area contributed by atoms with E-state index in [2.05, 4.69) is 20.2 Å². The molecule has 2 heterocycles. The SMILES string of the molecule is CCOC(=O)Cc1csc(NN=Cc2c(OCc3ccc(C(=O)OC)o3)ccc3ccccc23)n1. The summed E-state index contributed by atoms with van der Waals surface area (Å²) in [6.45, 7) is 2.22. The Balaban J connectivity index is 1.50. The van der Waals surface area contributed by atoms with Crippen molar-refractivity contribution in [3.05, 3.63) is 76.7 Å². The fourth-order valence-electron chi connectivity index (χ4n) is 3.30. The minimum atomic E-state index is -0.548. The van der Waals surface area contributed by atoms with Gasteiger partial charge in [0.15, 0.2) is 0 Å². The van der Waals surface area contributed by atoms with Gasteiger partial charge < -0.3 is 18.6 Å². The van der Waals surface area contributed by atoms with Gasteiger partial charge in [0.05, 0.1) is 32.0 Å². The van der Waals surface area contributed by atoms with E-state index in [1.54, 1.807) is 30.7 Å². The van der Waals surface area contributed by atoms with E-state index in [1.807, 2.05) is 36.4 Å². The van der Waals surface area contributed by atoms with E-state index in [-0.39, 0.29) is 24.8 Å². The number of nitrogens with zero attached hydrogens (tertiary/aromatic N) is 2. The molecule has 0 saturated carbocycles. The van der Waals surface area contributed by atoms with Crippen molar-refractivity contribution in [2.75, 3.05) is 19.1 Å². The predicted molar refractivity (Wildman–Crippen MR) is 132 cm³/mol. The topological polar surface area (TPSA) is 112 Å². The number of carbonyl (C=O) groups excluding carboxylic acids is 2. The van der Waals surface area contributed by atoms with Crippen molar-refractivity contribution in [1.82, 2.24) is 4.98 Å². The van der Waals surface area contributed by atoms with Crippen LogP contribution in [-0.4, -0.2) is 36.9 Å². The molecular weight excluding hydrogens is 470 g/mol. The number of hydrazone groups is 1. The number of aromatic nitrogens is 1. The number of nitrogens with one attached hydrogen (secondary N) is 1. The first-order valence-electron chi connectivity index (χ1n) is 10.8. The molecule has 0 bridgehead atoms. The van der Waals surface area contributed by atoms with Gasteiger partial charge in [-0.1, -0.05) is 30.3 Å². The molecule has 0 unspecified atom stereocenters. The van der Waals surface area contributed by atoms with Crippen LogP contribution in [0.5, 0.6) is 5.75 Å². The van der Waals surface area contributed by atoms with E-state index in [0.29, 0.717) is 28.9 Å². The van der Waals surface area contributed by atoms with E-state index in [9.17, 15) is 9.59 Å². The van der Waals surface area contributed by atoms with Crippen molar-refractivity contribution in [1.29, 1.82) is 0 Å². The number of fused-ring (bicyclic) bond motifs is 1. The molecule has 0 spiro atoms. The summed E-state index contributed by atoms with van der Waals surface area (Å²) in [7, 11) is 1.29. The van der Waals surface area contributed by atoms with Crippen molar-refractivity contribution >= 4 is 45.4 Å². The van der Waals surface area contributed by atoms with Gasteiger partial charge in [0, 0.05) is 10.9 Å². The normalized spacial score (nSPS) is 11.0. The summed E-state index contributed by atoms with van der Waals surface area (Å²) in [6, 6.07) is 14.9. The van der Waals surface area contributed by atoms with E-state index < -0.39 is 5.97 Å². The Morgan fingerprint density at radius 3 is 2.86 bits per heavy atom. The largest absolute Gasteiger partial charge is 0.485 e. The van der Waals surface area contributed by atoms with Gasteiger partial charge in [0.25, 0.3) is 0 Å². The minimum Gasteiger partial charge on any atom is -0.485 e. The van der Waals surface area contributed by atoms with Crippen molar-refractivity contribution in [3.8, 4) is 5.75 Å². The van der Waals surface area contributed by atoms with E-state index in [4.69, 9.17) is 13.9 Å². The first kappa shape index (κ1) is 24.0. The number of rotatable bonds is 10. The molecule has 0 aliphatic carbocycles. The lowest BCUT2D eigenvalue weighted by Gasteiger charge is -2.11. The molecule has 1 N–H and O–H groups in total. The first-order chi connectivity index (χ1) is 17.1. The zero-order chi connectivity index (χ0) is 24.6. The summed E-state index contributed by atoms with van der Waals surface area (Å²) in [6.07, 6.45) is 1.77. The Morgan fingerprint density at radius 1 is 1.17 bits per heavy atom. The second-order valence-corrected chi connectivity index (χ2v) is 8.10. The van der Waals surface area contributed by atoms with Crippen molar-refractivity contribution in [3.63, 3.8) is 0 Å². The van der Waals surface area contributed by atoms with Gasteiger partial charge in [-0.25, -0.2) is 9.78 Å². The van der Waals surface area contributed by atoms with E-state index in [0.717, 1.165) is 16.3 Å². The van der Waals surface area contributed by atoms with Gasteiger partial charge >= 0.3 is 11.9 Å². The van der Waals surface area contributed by atoms with Crippen LogP contribution in [-0.2, 0) is 27.3 Å². The molecule has 2 aromatic carbocycles. The number of methoxy groups -OCH3 is 1. The highest BCUT2D eigenvalue weighted by atomic mass is 32.1. The maximum atomic E-state index is 11.6. The molecule has 0 amide bonds. The number of thiazole rings is 1. The van der Waals surface area contributed by atoms with Crippen LogP contribution in [0.1, 0.15) is 34.5 Å². The zero-order valence-corrected chi connectivity index (χ0v) is 20.0. The number of anilines is 1. The summed E-state index contributed by atoms with van der Waals surface area (Å²) in [5.74, 6) is 0.319.